The van der Waals surface area contributed by atoms with Crippen molar-refractivity contribution in [1.29, 1.82) is 0 Å². The van der Waals surface area contributed by atoms with E-state index in [1.54, 1.807) is 12.1 Å². The summed E-state index contributed by atoms with van der Waals surface area (Å²) in [5.74, 6) is 1.71. The van der Waals surface area contributed by atoms with E-state index in [4.69, 9.17) is 5.73 Å². The quantitative estimate of drug-likeness (QED) is 0.620. The largest absolute Gasteiger partial charge is 0.508 e. The maximum absolute atomic E-state index is 9.19. The van der Waals surface area contributed by atoms with Gasteiger partial charge in [-0.25, -0.2) is 4.99 Å². The lowest BCUT2D eigenvalue weighted by Gasteiger charge is -2.31. The second kappa shape index (κ2) is 5.76. The topological polar surface area (TPSA) is 61.8 Å². The van der Waals surface area contributed by atoms with Gasteiger partial charge in [-0.1, -0.05) is 19.1 Å². The number of phenols is 1. The molecule has 0 saturated carbocycles. The van der Waals surface area contributed by atoms with Crippen LogP contribution < -0.4 is 5.73 Å². The summed E-state index contributed by atoms with van der Waals surface area (Å²) in [6.07, 6.45) is 2.38. The zero-order chi connectivity index (χ0) is 13.0. The smallest absolute Gasteiger partial charge is 0.191 e. The molecule has 0 unspecified atom stereocenters. The van der Waals surface area contributed by atoms with E-state index in [-0.39, 0.29) is 5.75 Å². The zero-order valence-corrected chi connectivity index (χ0v) is 10.8. The number of rotatable bonds is 2. The van der Waals surface area contributed by atoms with Crippen LogP contribution in [0.25, 0.3) is 0 Å². The number of nitrogens with two attached hydrogens (primary N) is 1. The Hall–Kier alpha value is -1.71. The monoisotopic (exact) mass is 247 g/mol. The molecule has 1 fully saturated rings. The first-order chi connectivity index (χ1) is 8.65. The van der Waals surface area contributed by atoms with E-state index in [1.165, 1.54) is 12.8 Å². The van der Waals surface area contributed by atoms with Crippen molar-refractivity contribution in [2.75, 3.05) is 13.1 Å². The number of aliphatic imine (C=N–C) groups is 1. The highest BCUT2D eigenvalue weighted by Gasteiger charge is 2.16. The highest BCUT2D eigenvalue weighted by molar-refractivity contribution is 5.78. The Labute approximate surface area is 108 Å². The number of likely N-dealkylation sites (tertiary alicyclic amines) is 1. The van der Waals surface area contributed by atoms with Crippen LogP contribution in [0.3, 0.4) is 0 Å². The molecule has 0 aromatic heterocycles. The SMILES string of the molecule is CC1CCN(C(N)=NCc2ccc(O)cc2)CC1. The minimum absolute atomic E-state index is 0.278. The zero-order valence-electron chi connectivity index (χ0n) is 10.8. The molecule has 4 nitrogen and oxygen atoms in total. The van der Waals surface area contributed by atoms with Crippen LogP contribution in [0.15, 0.2) is 29.3 Å². The Morgan fingerprint density at radius 2 is 1.94 bits per heavy atom. The fraction of sp³-hybridized carbons (Fsp3) is 0.500. The molecule has 1 aliphatic heterocycles. The fourth-order valence-corrected chi connectivity index (χ4v) is 2.11. The number of hydrogen-bond acceptors (Lipinski definition) is 2. The van der Waals surface area contributed by atoms with Crippen molar-refractivity contribution in [1.82, 2.24) is 4.90 Å². The predicted molar refractivity (Wildman–Crippen MR) is 73.4 cm³/mol. The van der Waals surface area contributed by atoms with Crippen molar-refractivity contribution in [3.63, 3.8) is 0 Å². The lowest BCUT2D eigenvalue weighted by atomic mass is 10.00. The minimum atomic E-state index is 0.278. The third-order valence-electron chi connectivity index (χ3n) is 3.47. The van der Waals surface area contributed by atoms with Gasteiger partial charge in [0.05, 0.1) is 6.54 Å². The van der Waals surface area contributed by atoms with Gasteiger partial charge >= 0.3 is 0 Å². The van der Waals surface area contributed by atoms with Crippen molar-refractivity contribution in [2.45, 2.75) is 26.3 Å². The maximum Gasteiger partial charge on any atom is 0.191 e. The third-order valence-corrected chi connectivity index (χ3v) is 3.47. The van der Waals surface area contributed by atoms with E-state index in [0.717, 1.165) is 24.6 Å². The summed E-state index contributed by atoms with van der Waals surface area (Å²) in [5.41, 5.74) is 7.05. The molecule has 1 aromatic carbocycles. The number of aromatic hydroxyl groups is 1. The van der Waals surface area contributed by atoms with Gasteiger partial charge in [0.1, 0.15) is 5.75 Å². The molecular weight excluding hydrogens is 226 g/mol. The Kier molecular flexibility index (Phi) is 4.07. The van der Waals surface area contributed by atoms with Gasteiger partial charge in [-0.15, -0.1) is 0 Å². The third kappa shape index (κ3) is 3.39. The van der Waals surface area contributed by atoms with E-state index in [2.05, 4.69) is 16.8 Å². The first kappa shape index (κ1) is 12.7. The molecule has 0 aliphatic carbocycles. The van der Waals surface area contributed by atoms with Gasteiger partial charge in [-0.05, 0) is 36.5 Å². The van der Waals surface area contributed by atoms with Crippen molar-refractivity contribution in [2.24, 2.45) is 16.6 Å². The minimum Gasteiger partial charge on any atom is -0.508 e. The van der Waals surface area contributed by atoms with Gasteiger partial charge in [-0.3, -0.25) is 0 Å². The van der Waals surface area contributed by atoms with E-state index in [9.17, 15) is 5.11 Å². The molecule has 18 heavy (non-hydrogen) atoms. The summed E-state index contributed by atoms with van der Waals surface area (Å²) >= 11 is 0. The highest BCUT2D eigenvalue weighted by Crippen LogP contribution is 2.16. The molecule has 2 rings (SSSR count). The van der Waals surface area contributed by atoms with Gasteiger partial charge in [0, 0.05) is 13.1 Å². The van der Waals surface area contributed by atoms with Crippen LogP contribution in [0.4, 0.5) is 0 Å². The Morgan fingerprint density at radius 1 is 1.33 bits per heavy atom. The van der Waals surface area contributed by atoms with Gasteiger partial charge in [-0.2, -0.15) is 0 Å². The van der Waals surface area contributed by atoms with Crippen molar-refractivity contribution < 1.29 is 5.11 Å². The summed E-state index contributed by atoms with van der Waals surface area (Å²) in [6.45, 7) is 4.86. The van der Waals surface area contributed by atoms with Crippen LogP contribution in [-0.4, -0.2) is 29.1 Å². The van der Waals surface area contributed by atoms with Gasteiger partial charge in [0.25, 0.3) is 0 Å². The molecular formula is C14H21N3O. The summed E-state index contributed by atoms with van der Waals surface area (Å²) in [4.78, 5) is 6.56. The lowest BCUT2D eigenvalue weighted by Crippen LogP contribution is -2.42. The number of piperidine rings is 1. The van der Waals surface area contributed by atoms with Gasteiger partial charge in [0.2, 0.25) is 0 Å². The average Bonchev–Trinajstić information content (AvgIpc) is 2.38. The van der Waals surface area contributed by atoms with Crippen LogP contribution in [0.1, 0.15) is 25.3 Å². The second-order valence-electron chi connectivity index (χ2n) is 5.01. The second-order valence-corrected chi connectivity index (χ2v) is 5.01. The van der Waals surface area contributed by atoms with Crippen LogP contribution in [0.5, 0.6) is 5.75 Å². The van der Waals surface area contributed by atoms with E-state index < -0.39 is 0 Å². The number of phenolic OH excluding ortho intramolecular Hbond substituents is 1. The molecule has 1 heterocycles. The first-order valence-corrected chi connectivity index (χ1v) is 6.48. The van der Waals surface area contributed by atoms with Crippen molar-refractivity contribution in [3.05, 3.63) is 29.8 Å². The van der Waals surface area contributed by atoms with Crippen molar-refractivity contribution >= 4 is 5.96 Å². The van der Waals surface area contributed by atoms with Crippen LogP contribution in [-0.2, 0) is 6.54 Å². The predicted octanol–water partition coefficient (Wildman–Crippen LogP) is 1.94. The lowest BCUT2D eigenvalue weighted by molar-refractivity contribution is 0.277. The maximum atomic E-state index is 9.19. The highest BCUT2D eigenvalue weighted by atomic mass is 16.3. The standard InChI is InChI=1S/C14H21N3O/c1-11-6-8-17(9-7-11)14(15)16-10-12-2-4-13(18)5-3-12/h2-5,11,18H,6-10H2,1H3,(H2,15,16). The first-order valence-electron chi connectivity index (χ1n) is 6.48. The summed E-state index contributed by atoms with van der Waals surface area (Å²) in [6, 6.07) is 7.07. The Bertz CT molecular complexity index is 406. The molecule has 1 aromatic rings. The molecule has 0 spiro atoms. The summed E-state index contributed by atoms with van der Waals surface area (Å²) in [7, 11) is 0. The van der Waals surface area contributed by atoms with Crippen LogP contribution in [0.2, 0.25) is 0 Å². The molecule has 4 heteroatoms. The summed E-state index contributed by atoms with van der Waals surface area (Å²) < 4.78 is 0. The molecule has 98 valence electrons. The van der Waals surface area contributed by atoms with E-state index in [0.29, 0.717) is 12.5 Å². The Morgan fingerprint density at radius 3 is 2.56 bits per heavy atom. The molecule has 1 aliphatic rings. The van der Waals surface area contributed by atoms with Crippen molar-refractivity contribution in [3.8, 4) is 5.75 Å². The number of nitrogens with zero attached hydrogens (tertiary/aromatic N) is 2. The van der Waals surface area contributed by atoms with Gasteiger partial charge in [0.15, 0.2) is 5.96 Å². The molecule has 1 saturated heterocycles. The number of benzene rings is 1. The van der Waals surface area contributed by atoms with E-state index in [1.807, 2.05) is 12.1 Å². The fourth-order valence-electron chi connectivity index (χ4n) is 2.11. The number of guanidine groups is 1. The van der Waals surface area contributed by atoms with Crippen LogP contribution in [0, 0.1) is 5.92 Å². The molecule has 0 atom stereocenters. The normalized spacial score (nSPS) is 18.1. The molecule has 3 N–H and O–H groups in total. The molecule has 0 radical (unpaired) electrons. The number of hydrogen-bond donors (Lipinski definition) is 2. The molecule has 0 bridgehead atoms. The van der Waals surface area contributed by atoms with E-state index >= 15 is 0 Å². The summed E-state index contributed by atoms with van der Waals surface area (Å²) in [5, 5.41) is 9.19. The van der Waals surface area contributed by atoms with Gasteiger partial charge < -0.3 is 15.7 Å². The van der Waals surface area contributed by atoms with Crippen LogP contribution >= 0.6 is 0 Å². The molecule has 0 amide bonds. The average molecular weight is 247 g/mol. The Balaban J connectivity index is 1.90.